The summed E-state index contributed by atoms with van der Waals surface area (Å²) in [5.41, 5.74) is -0.564. The minimum Gasteiger partial charge on any atom is -0.480 e. The van der Waals surface area contributed by atoms with E-state index < -0.39 is 30.2 Å². The molecule has 0 heterocycles. The summed E-state index contributed by atoms with van der Waals surface area (Å²) < 4.78 is 42.2. The summed E-state index contributed by atoms with van der Waals surface area (Å²) in [4.78, 5) is 21.7. The molecule has 0 aliphatic rings. The SMILES string of the molecule is O=C(O)COCCNC(=O)Cc1cccc(C(F)(F)F)c1. The number of carbonyl (C=O) groups is 2. The second-order valence-corrected chi connectivity index (χ2v) is 4.17. The number of amides is 1. The van der Waals surface area contributed by atoms with Crippen LogP contribution in [0.25, 0.3) is 0 Å². The highest BCUT2D eigenvalue weighted by Gasteiger charge is 2.30. The summed E-state index contributed by atoms with van der Waals surface area (Å²) in [6.45, 7) is -0.366. The first-order valence-electron chi connectivity index (χ1n) is 6.01. The number of halogens is 3. The van der Waals surface area contributed by atoms with E-state index in [9.17, 15) is 22.8 Å². The highest BCUT2D eigenvalue weighted by atomic mass is 19.4. The smallest absolute Gasteiger partial charge is 0.416 e. The van der Waals surface area contributed by atoms with Crippen molar-refractivity contribution in [2.45, 2.75) is 12.6 Å². The molecule has 0 aliphatic heterocycles. The van der Waals surface area contributed by atoms with Gasteiger partial charge in [-0.15, -0.1) is 0 Å². The average molecular weight is 305 g/mol. The van der Waals surface area contributed by atoms with Crippen molar-refractivity contribution in [3.63, 3.8) is 0 Å². The summed E-state index contributed by atoms with van der Waals surface area (Å²) in [5, 5.41) is 10.7. The van der Waals surface area contributed by atoms with Gasteiger partial charge in [-0.05, 0) is 11.6 Å². The fraction of sp³-hybridized carbons (Fsp3) is 0.385. The van der Waals surface area contributed by atoms with E-state index in [0.717, 1.165) is 12.1 Å². The topological polar surface area (TPSA) is 75.6 Å². The Kier molecular flexibility index (Phi) is 6.16. The molecular formula is C13H14F3NO4. The lowest BCUT2D eigenvalue weighted by atomic mass is 10.1. The molecule has 116 valence electrons. The summed E-state index contributed by atoms with van der Waals surface area (Å²) in [6.07, 6.45) is -4.64. The van der Waals surface area contributed by atoms with Crippen LogP contribution < -0.4 is 5.32 Å². The first-order valence-corrected chi connectivity index (χ1v) is 6.01. The lowest BCUT2D eigenvalue weighted by Gasteiger charge is -2.09. The van der Waals surface area contributed by atoms with Crippen molar-refractivity contribution in [1.29, 1.82) is 0 Å². The van der Waals surface area contributed by atoms with Gasteiger partial charge in [0, 0.05) is 6.54 Å². The van der Waals surface area contributed by atoms with Crippen molar-refractivity contribution in [2.24, 2.45) is 0 Å². The summed E-state index contributed by atoms with van der Waals surface area (Å²) in [5.74, 6) is -1.58. The Labute approximate surface area is 118 Å². The highest BCUT2D eigenvalue weighted by Crippen LogP contribution is 2.29. The number of carboxylic acids is 1. The van der Waals surface area contributed by atoms with Crippen LogP contribution in [0.2, 0.25) is 0 Å². The zero-order valence-electron chi connectivity index (χ0n) is 10.9. The van der Waals surface area contributed by atoms with E-state index in [0.29, 0.717) is 0 Å². The van der Waals surface area contributed by atoms with Gasteiger partial charge in [-0.1, -0.05) is 18.2 Å². The van der Waals surface area contributed by atoms with Crippen molar-refractivity contribution in [1.82, 2.24) is 5.32 Å². The number of alkyl halides is 3. The van der Waals surface area contributed by atoms with Crippen LogP contribution in [0.5, 0.6) is 0 Å². The Morgan fingerprint density at radius 1 is 1.29 bits per heavy atom. The molecule has 8 heteroatoms. The summed E-state index contributed by atoms with van der Waals surface area (Å²) >= 11 is 0. The molecule has 0 unspecified atom stereocenters. The molecule has 1 amide bonds. The lowest BCUT2D eigenvalue weighted by molar-refractivity contribution is -0.142. The maximum atomic E-state index is 12.5. The number of rotatable bonds is 7. The van der Waals surface area contributed by atoms with Crippen LogP contribution in [0.4, 0.5) is 13.2 Å². The Morgan fingerprint density at radius 2 is 2.00 bits per heavy atom. The first-order chi connectivity index (χ1) is 9.79. The van der Waals surface area contributed by atoms with E-state index in [1.165, 1.54) is 12.1 Å². The van der Waals surface area contributed by atoms with Crippen LogP contribution in [0.3, 0.4) is 0 Å². The first kappa shape index (κ1) is 17.0. The standard InChI is InChI=1S/C13H14F3NO4/c14-13(15,16)10-3-1-2-9(6-10)7-11(18)17-4-5-21-8-12(19)20/h1-3,6H,4-5,7-8H2,(H,17,18)(H,19,20). The Bertz CT molecular complexity index is 502. The fourth-order valence-electron chi connectivity index (χ4n) is 1.53. The van der Waals surface area contributed by atoms with Gasteiger partial charge in [-0.3, -0.25) is 4.79 Å². The molecule has 0 atom stereocenters. The monoisotopic (exact) mass is 305 g/mol. The molecule has 0 saturated carbocycles. The molecule has 21 heavy (non-hydrogen) atoms. The summed E-state index contributed by atoms with van der Waals surface area (Å²) in [6, 6.07) is 4.51. The molecule has 1 aromatic rings. The maximum absolute atomic E-state index is 12.5. The molecule has 0 spiro atoms. The quantitative estimate of drug-likeness (QED) is 0.748. The highest BCUT2D eigenvalue weighted by molar-refractivity contribution is 5.78. The van der Waals surface area contributed by atoms with Crippen molar-refractivity contribution >= 4 is 11.9 Å². The van der Waals surface area contributed by atoms with E-state index in [-0.39, 0.29) is 25.1 Å². The number of hydrogen-bond acceptors (Lipinski definition) is 3. The number of carboxylic acid groups (broad SMARTS) is 1. The molecule has 0 fully saturated rings. The van der Waals surface area contributed by atoms with Gasteiger partial charge in [0.2, 0.25) is 5.91 Å². The van der Waals surface area contributed by atoms with Gasteiger partial charge in [0.15, 0.2) is 0 Å². The fourth-order valence-corrected chi connectivity index (χ4v) is 1.53. The second kappa shape index (κ2) is 7.63. The normalized spacial score (nSPS) is 11.2. The lowest BCUT2D eigenvalue weighted by Crippen LogP contribution is -2.29. The van der Waals surface area contributed by atoms with Crippen LogP contribution in [0, 0.1) is 0 Å². The van der Waals surface area contributed by atoms with Crippen LogP contribution in [-0.2, 0) is 26.9 Å². The second-order valence-electron chi connectivity index (χ2n) is 4.17. The minimum absolute atomic E-state index is 0.0145. The number of aliphatic carboxylic acids is 1. The number of nitrogens with one attached hydrogen (secondary N) is 1. The largest absolute Gasteiger partial charge is 0.480 e. The van der Waals surface area contributed by atoms with Crippen LogP contribution >= 0.6 is 0 Å². The third kappa shape index (κ3) is 6.75. The van der Waals surface area contributed by atoms with E-state index >= 15 is 0 Å². The number of ether oxygens (including phenoxy) is 1. The Hall–Kier alpha value is -2.09. The third-order valence-electron chi connectivity index (χ3n) is 2.41. The zero-order valence-corrected chi connectivity index (χ0v) is 10.9. The van der Waals surface area contributed by atoms with Crippen LogP contribution in [-0.4, -0.2) is 36.7 Å². The predicted octanol–water partition coefficient (Wildman–Crippen LogP) is 1.47. The molecule has 0 aromatic heterocycles. The van der Waals surface area contributed by atoms with Crippen molar-refractivity contribution < 1.29 is 32.6 Å². The van der Waals surface area contributed by atoms with Gasteiger partial charge in [0.05, 0.1) is 18.6 Å². The van der Waals surface area contributed by atoms with Gasteiger partial charge < -0.3 is 15.2 Å². The predicted molar refractivity (Wildman–Crippen MR) is 66.6 cm³/mol. The number of benzene rings is 1. The number of carbonyl (C=O) groups excluding carboxylic acids is 1. The van der Waals surface area contributed by atoms with E-state index in [1.807, 2.05) is 0 Å². The minimum atomic E-state index is -4.45. The molecule has 1 aromatic carbocycles. The van der Waals surface area contributed by atoms with E-state index in [4.69, 9.17) is 9.84 Å². The van der Waals surface area contributed by atoms with Crippen molar-refractivity contribution in [3.05, 3.63) is 35.4 Å². The molecule has 0 bridgehead atoms. The van der Waals surface area contributed by atoms with Gasteiger partial charge in [-0.2, -0.15) is 13.2 Å². The van der Waals surface area contributed by atoms with Crippen LogP contribution in [0.1, 0.15) is 11.1 Å². The van der Waals surface area contributed by atoms with Crippen LogP contribution in [0.15, 0.2) is 24.3 Å². The molecule has 5 nitrogen and oxygen atoms in total. The zero-order chi connectivity index (χ0) is 15.9. The molecule has 0 saturated heterocycles. The van der Waals surface area contributed by atoms with Gasteiger partial charge in [-0.25, -0.2) is 4.79 Å². The molecule has 0 aliphatic carbocycles. The molecule has 2 N–H and O–H groups in total. The van der Waals surface area contributed by atoms with Crippen molar-refractivity contribution in [2.75, 3.05) is 19.8 Å². The van der Waals surface area contributed by atoms with E-state index in [1.54, 1.807) is 0 Å². The Morgan fingerprint density at radius 3 is 2.62 bits per heavy atom. The van der Waals surface area contributed by atoms with Gasteiger partial charge >= 0.3 is 12.1 Å². The summed E-state index contributed by atoms with van der Waals surface area (Å²) in [7, 11) is 0. The maximum Gasteiger partial charge on any atom is 0.416 e. The van der Waals surface area contributed by atoms with Gasteiger partial charge in [0.1, 0.15) is 6.61 Å². The Balaban J connectivity index is 2.39. The molecule has 1 rings (SSSR count). The molecule has 0 radical (unpaired) electrons. The average Bonchev–Trinajstić information content (AvgIpc) is 2.37. The van der Waals surface area contributed by atoms with Crippen molar-refractivity contribution in [3.8, 4) is 0 Å². The molecular weight excluding hydrogens is 291 g/mol. The van der Waals surface area contributed by atoms with Gasteiger partial charge in [0.25, 0.3) is 0 Å². The third-order valence-corrected chi connectivity index (χ3v) is 2.41. The number of hydrogen-bond donors (Lipinski definition) is 2. The van der Waals surface area contributed by atoms with E-state index in [2.05, 4.69) is 5.32 Å².